The van der Waals surface area contributed by atoms with Crippen LogP contribution in [0.25, 0.3) is 0 Å². The SMILES string of the molecule is CCCc1ccc(C(=O)N2CCCC3(CCCC(=O)N3CC)C2)cc1. The van der Waals surface area contributed by atoms with Gasteiger partial charge in [-0.1, -0.05) is 25.5 Å². The van der Waals surface area contributed by atoms with Gasteiger partial charge in [-0.05, 0) is 56.7 Å². The van der Waals surface area contributed by atoms with Crippen LogP contribution in [0.15, 0.2) is 24.3 Å². The van der Waals surface area contributed by atoms with Crippen LogP contribution in [0.5, 0.6) is 0 Å². The molecule has 2 saturated heterocycles. The maximum atomic E-state index is 13.0. The van der Waals surface area contributed by atoms with Crippen LogP contribution in [0.2, 0.25) is 0 Å². The number of nitrogens with zero attached hydrogens (tertiary/aromatic N) is 2. The molecule has 1 atom stereocenters. The number of rotatable bonds is 4. The minimum Gasteiger partial charge on any atom is -0.336 e. The fourth-order valence-electron chi connectivity index (χ4n) is 4.61. The fourth-order valence-corrected chi connectivity index (χ4v) is 4.61. The van der Waals surface area contributed by atoms with Crippen molar-refractivity contribution in [3.63, 3.8) is 0 Å². The number of hydrogen-bond acceptors (Lipinski definition) is 2. The smallest absolute Gasteiger partial charge is 0.253 e. The third kappa shape index (κ3) is 3.58. The summed E-state index contributed by atoms with van der Waals surface area (Å²) in [7, 11) is 0. The third-order valence-electron chi connectivity index (χ3n) is 5.80. The molecule has 3 rings (SSSR count). The first kappa shape index (κ1) is 18.0. The van der Waals surface area contributed by atoms with Crippen molar-refractivity contribution in [1.29, 1.82) is 0 Å². The van der Waals surface area contributed by atoms with Gasteiger partial charge in [-0.3, -0.25) is 9.59 Å². The highest BCUT2D eigenvalue weighted by molar-refractivity contribution is 5.94. The molecule has 0 aliphatic carbocycles. The number of amides is 2. The number of hydrogen-bond donors (Lipinski definition) is 0. The predicted octanol–water partition coefficient (Wildman–Crippen LogP) is 3.65. The first-order chi connectivity index (χ1) is 12.1. The van der Waals surface area contributed by atoms with Crippen molar-refractivity contribution in [1.82, 2.24) is 9.80 Å². The monoisotopic (exact) mass is 342 g/mol. The number of likely N-dealkylation sites (tertiary alicyclic amines) is 2. The van der Waals surface area contributed by atoms with Gasteiger partial charge in [0.25, 0.3) is 5.91 Å². The van der Waals surface area contributed by atoms with Crippen LogP contribution in [0.3, 0.4) is 0 Å². The molecule has 2 amide bonds. The van der Waals surface area contributed by atoms with E-state index in [0.29, 0.717) is 13.0 Å². The van der Waals surface area contributed by atoms with Gasteiger partial charge in [-0.25, -0.2) is 0 Å². The Kier molecular flexibility index (Phi) is 5.45. The van der Waals surface area contributed by atoms with Gasteiger partial charge in [0.05, 0.1) is 5.54 Å². The van der Waals surface area contributed by atoms with Gasteiger partial charge in [-0.15, -0.1) is 0 Å². The molecule has 1 aromatic rings. The summed E-state index contributed by atoms with van der Waals surface area (Å²) in [5.74, 6) is 0.364. The first-order valence-electron chi connectivity index (χ1n) is 9.78. The lowest BCUT2D eigenvalue weighted by molar-refractivity contribution is -0.144. The molecule has 2 aliphatic rings. The Morgan fingerprint density at radius 2 is 1.84 bits per heavy atom. The van der Waals surface area contributed by atoms with Crippen molar-refractivity contribution >= 4 is 11.8 Å². The lowest BCUT2D eigenvalue weighted by Gasteiger charge is -2.52. The molecule has 2 fully saturated rings. The minimum atomic E-state index is -0.139. The minimum absolute atomic E-state index is 0.108. The average molecular weight is 342 g/mol. The average Bonchev–Trinajstić information content (AvgIpc) is 2.62. The number of aryl methyl sites for hydroxylation is 1. The summed E-state index contributed by atoms with van der Waals surface area (Å²) >= 11 is 0. The third-order valence-corrected chi connectivity index (χ3v) is 5.80. The predicted molar refractivity (Wildman–Crippen MR) is 99.5 cm³/mol. The summed E-state index contributed by atoms with van der Waals surface area (Å²) in [6, 6.07) is 8.05. The Bertz CT molecular complexity index is 621. The van der Waals surface area contributed by atoms with Crippen molar-refractivity contribution in [3.8, 4) is 0 Å². The van der Waals surface area contributed by atoms with Gasteiger partial charge in [0.1, 0.15) is 0 Å². The van der Waals surface area contributed by atoms with E-state index in [2.05, 4.69) is 26.0 Å². The Labute approximate surface area is 151 Å². The molecule has 1 unspecified atom stereocenters. The van der Waals surface area contributed by atoms with Crippen LogP contribution in [-0.2, 0) is 11.2 Å². The van der Waals surface area contributed by atoms with Crippen LogP contribution in [0.4, 0.5) is 0 Å². The molecule has 2 heterocycles. The van der Waals surface area contributed by atoms with E-state index in [1.165, 1.54) is 5.56 Å². The highest BCUT2D eigenvalue weighted by atomic mass is 16.2. The van der Waals surface area contributed by atoms with Crippen LogP contribution < -0.4 is 0 Å². The van der Waals surface area contributed by atoms with E-state index in [0.717, 1.165) is 57.2 Å². The highest BCUT2D eigenvalue weighted by Crippen LogP contribution is 2.36. The highest BCUT2D eigenvalue weighted by Gasteiger charge is 2.45. The number of piperidine rings is 2. The molecule has 0 radical (unpaired) electrons. The maximum absolute atomic E-state index is 13.0. The van der Waals surface area contributed by atoms with Crippen LogP contribution in [-0.4, -0.2) is 46.8 Å². The van der Waals surface area contributed by atoms with Crippen LogP contribution in [0, 0.1) is 0 Å². The van der Waals surface area contributed by atoms with Crippen molar-refractivity contribution in [2.75, 3.05) is 19.6 Å². The molecular formula is C21H30N2O2. The number of benzene rings is 1. The van der Waals surface area contributed by atoms with E-state index >= 15 is 0 Å². The summed E-state index contributed by atoms with van der Waals surface area (Å²) in [5, 5.41) is 0. The van der Waals surface area contributed by atoms with Crippen molar-refractivity contribution in [2.45, 2.75) is 64.3 Å². The molecule has 0 N–H and O–H groups in total. The number of carbonyl (C=O) groups is 2. The Hall–Kier alpha value is -1.84. The lowest BCUT2D eigenvalue weighted by Crippen LogP contribution is -2.63. The van der Waals surface area contributed by atoms with Gasteiger partial charge < -0.3 is 9.80 Å². The summed E-state index contributed by atoms with van der Waals surface area (Å²) in [6.45, 7) is 6.44. The molecule has 1 aromatic carbocycles. The molecule has 4 nitrogen and oxygen atoms in total. The van der Waals surface area contributed by atoms with Crippen molar-refractivity contribution in [3.05, 3.63) is 35.4 Å². The lowest BCUT2D eigenvalue weighted by atomic mass is 9.79. The first-order valence-corrected chi connectivity index (χ1v) is 9.78. The van der Waals surface area contributed by atoms with Gasteiger partial charge in [0.2, 0.25) is 5.91 Å². The topological polar surface area (TPSA) is 40.6 Å². The zero-order valence-corrected chi connectivity index (χ0v) is 15.6. The maximum Gasteiger partial charge on any atom is 0.253 e. The molecule has 0 bridgehead atoms. The van der Waals surface area contributed by atoms with Gasteiger partial charge in [-0.2, -0.15) is 0 Å². The Morgan fingerprint density at radius 1 is 1.12 bits per heavy atom. The summed E-state index contributed by atoms with van der Waals surface area (Å²) < 4.78 is 0. The molecule has 2 aliphatic heterocycles. The van der Waals surface area contributed by atoms with Gasteiger partial charge in [0.15, 0.2) is 0 Å². The van der Waals surface area contributed by atoms with Crippen LogP contribution in [0.1, 0.15) is 68.3 Å². The quantitative estimate of drug-likeness (QED) is 0.838. The van der Waals surface area contributed by atoms with Gasteiger partial charge >= 0.3 is 0 Å². The van der Waals surface area contributed by atoms with E-state index in [-0.39, 0.29) is 17.4 Å². The molecule has 4 heteroatoms. The number of carbonyl (C=O) groups excluding carboxylic acids is 2. The molecular weight excluding hydrogens is 312 g/mol. The largest absolute Gasteiger partial charge is 0.336 e. The molecule has 136 valence electrons. The second-order valence-corrected chi connectivity index (χ2v) is 7.49. The van der Waals surface area contributed by atoms with E-state index in [4.69, 9.17) is 0 Å². The normalized spacial score (nSPS) is 24.0. The summed E-state index contributed by atoms with van der Waals surface area (Å²) in [6.07, 6.45) is 6.78. The van der Waals surface area contributed by atoms with E-state index < -0.39 is 0 Å². The fraction of sp³-hybridized carbons (Fsp3) is 0.619. The Morgan fingerprint density at radius 3 is 2.52 bits per heavy atom. The summed E-state index contributed by atoms with van der Waals surface area (Å²) in [4.78, 5) is 29.4. The van der Waals surface area contributed by atoms with Crippen molar-refractivity contribution < 1.29 is 9.59 Å². The molecule has 0 saturated carbocycles. The van der Waals surface area contributed by atoms with Crippen LogP contribution >= 0.6 is 0 Å². The number of likely N-dealkylation sites (N-methyl/N-ethyl adjacent to an activating group) is 1. The summed E-state index contributed by atoms with van der Waals surface area (Å²) in [5.41, 5.74) is 1.91. The second-order valence-electron chi connectivity index (χ2n) is 7.49. The van der Waals surface area contributed by atoms with E-state index in [1.807, 2.05) is 21.9 Å². The molecule has 1 spiro atoms. The van der Waals surface area contributed by atoms with Crippen molar-refractivity contribution in [2.24, 2.45) is 0 Å². The van der Waals surface area contributed by atoms with E-state index in [9.17, 15) is 9.59 Å². The molecule has 0 aromatic heterocycles. The molecule has 25 heavy (non-hydrogen) atoms. The zero-order chi connectivity index (χ0) is 17.9. The Balaban J connectivity index is 1.76. The zero-order valence-electron chi connectivity index (χ0n) is 15.6. The van der Waals surface area contributed by atoms with E-state index in [1.54, 1.807) is 0 Å². The van der Waals surface area contributed by atoms with Gasteiger partial charge in [0, 0.05) is 31.6 Å². The standard InChI is InChI=1S/C21H30N2O2/c1-3-7-17-9-11-18(12-10-17)20(25)22-15-6-14-21(16-22)13-5-8-19(24)23(21)4-2/h9-12H,3-8,13-16H2,1-2H3. The second kappa shape index (κ2) is 7.59.